The maximum Gasteiger partial charge on any atom is 0.410 e. The smallest absolute Gasteiger partial charge is 0.410 e. The van der Waals surface area contributed by atoms with Gasteiger partial charge in [0.25, 0.3) is 5.69 Å². The van der Waals surface area contributed by atoms with Gasteiger partial charge in [-0.05, 0) is 54.8 Å². The van der Waals surface area contributed by atoms with Crippen molar-refractivity contribution in [1.82, 2.24) is 4.90 Å². The second kappa shape index (κ2) is 8.60. The number of benzene rings is 1. The number of carbonyl (C=O) groups excluding carboxylic acids is 1. The van der Waals surface area contributed by atoms with Gasteiger partial charge in [-0.1, -0.05) is 6.08 Å². The van der Waals surface area contributed by atoms with E-state index < -0.39 is 10.5 Å². The van der Waals surface area contributed by atoms with E-state index in [0.717, 1.165) is 5.57 Å². The lowest BCUT2D eigenvalue weighted by atomic mass is 10.1. The Hall–Kier alpha value is -2.29. The van der Waals surface area contributed by atoms with Gasteiger partial charge >= 0.3 is 6.09 Å². The van der Waals surface area contributed by atoms with Crippen LogP contribution in [0.4, 0.5) is 16.2 Å². The van der Waals surface area contributed by atoms with Gasteiger partial charge in [0.2, 0.25) is 0 Å². The molecule has 0 saturated carbocycles. The lowest BCUT2D eigenvalue weighted by Crippen LogP contribution is -2.39. The third-order valence-electron chi connectivity index (χ3n) is 3.88. The van der Waals surface area contributed by atoms with Crippen molar-refractivity contribution in [2.45, 2.75) is 32.8 Å². The van der Waals surface area contributed by atoms with Crippen LogP contribution in [0.2, 0.25) is 0 Å². The summed E-state index contributed by atoms with van der Waals surface area (Å²) in [7, 11) is 1.62. The minimum atomic E-state index is -0.523. The lowest BCUT2D eigenvalue weighted by Gasteiger charge is -2.29. The maximum atomic E-state index is 12.1. The van der Waals surface area contributed by atoms with Crippen molar-refractivity contribution < 1.29 is 19.2 Å². The van der Waals surface area contributed by atoms with Crippen LogP contribution in [0.1, 0.15) is 27.2 Å². The van der Waals surface area contributed by atoms with Crippen LogP contribution < -0.4 is 10.1 Å². The Balaban J connectivity index is 1.99. The first-order valence-corrected chi connectivity index (χ1v) is 9.34. The number of anilines is 1. The molecule has 0 aromatic heterocycles. The predicted molar refractivity (Wildman–Crippen MR) is 106 cm³/mol. The molecule has 0 saturated heterocycles. The molecule has 0 unspecified atom stereocenters. The summed E-state index contributed by atoms with van der Waals surface area (Å²) in [6.45, 7) is 6.80. The van der Waals surface area contributed by atoms with Crippen LogP contribution in [0.15, 0.2) is 28.3 Å². The Morgan fingerprint density at radius 3 is 2.63 bits per heavy atom. The highest BCUT2D eigenvalue weighted by Gasteiger charge is 2.24. The van der Waals surface area contributed by atoms with Crippen LogP contribution in [-0.4, -0.2) is 48.3 Å². The highest BCUT2D eigenvalue weighted by molar-refractivity contribution is 9.10. The van der Waals surface area contributed by atoms with Crippen LogP contribution in [0.25, 0.3) is 0 Å². The van der Waals surface area contributed by atoms with Crippen molar-refractivity contribution in [3.63, 3.8) is 0 Å². The molecule has 1 N–H and O–H groups in total. The zero-order valence-electron chi connectivity index (χ0n) is 15.9. The monoisotopic (exact) mass is 441 g/mol. The average molecular weight is 442 g/mol. The highest BCUT2D eigenvalue weighted by Crippen LogP contribution is 2.36. The third-order valence-corrected chi connectivity index (χ3v) is 4.50. The van der Waals surface area contributed by atoms with Crippen LogP contribution in [0, 0.1) is 10.1 Å². The SMILES string of the molecule is CNc1cc(Br)c(OCC2=CCN(C(=O)OC(C)(C)C)CC2)cc1[N+](=O)[O-]. The van der Waals surface area contributed by atoms with E-state index in [1.54, 1.807) is 18.0 Å². The molecule has 0 radical (unpaired) electrons. The van der Waals surface area contributed by atoms with Gasteiger partial charge in [-0.25, -0.2) is 4.79 Å². The van der Waals surface area contributed by atoms with Gasteiger partial charge in [-0.2, -0.15) is 0 Å². The second-order valence-electron chi connectivity index (χ2n) is 7.13. The Bertz CT molecular complexity index is 758. The summed E-state index contributed by atoms with van der Waals surface area (Å²) in [4.78, 5) is 24.4. The minimum absolute atomic E-state index is 0.0515. The number of ether oxygens (including phenoxy) is 2. The Morgan fingerprint density at radius 2 is 2.11 bits per heavy atom. The molecule has 0 spiro atoms. The van der Waals surface area contributed by atoms with Crippen molar-refractivity contribution in [3.8, 4) is 5.75 Å². The first-order chi connectivity index (χ1) is 12.6. The summed E-state index contributed by atoms with van der Waals surface area (Å²) in [5.41, 5.74) is 0.862. The quantitative estimate of drug-likeness (QED) is 0.414. The summed E-state index contributed by atoms with van der Waals surface area (Å²) >= 11 is 3.38. The van der Waals surface area contributed by atoms with E-state index in [0.29, 0.717) is 42.0 Å². The Labute approximate surface area is 166 Å². The molecule has 0 atom stereocenters. The fourth-order valence-corrected chi connectivity index (χ4v) is 2.97. The molecule has 8 nitrogen and oxygen atoms in total. The molecule has 148 valence electrons. The van der Waals surface area contributed by atoms with Crippen LogP contribution in [-0.2, 0) is 4.74 Å². The predicted octanol–water partition coefficient (Wildman–Crippen LogP) is 4.35. The first kappa shape index (κ1) is 21.0. The topological polar surface area (TPSA) is 93.9 Å². The summed E-state index contributed by atoms with van der Waals surface area (Å²) in [5.74, 6) is 0.399. The van der Waals surface area contributed by atoms with Crippen molar-refractivity contribution in [1.29, 1.82) is 0 Å². The molecule has 2 rings (SSSR count). The van der Waals surface area contributed by atoms with E-state index in [-0.39, 0.29) is 11.8 Å². The number of hydrogen-bond donors (Lipinski definition) is 1. The van der Waals surface area contributed by atoms with Crippen molar-refractivity contribution in [2.75, 3.05) is 32.1 Å². The average Bonchev–Trinajstić information content (AvgIpc) is 2.59. The minimum Gasteiger partial charge on any atom is -0.488 e. The largest absolute Gasteiger partial charge is 0.488 e. The standard InChI is InChI=1S/C18H24BrN3O5/c1-18(2,3)27-17(23)21-7-5-12(6-8-21)11-26-16-10-15(22(24)25)14(20-4)9-13(16)19/h5,9-10,20H,6-8,11H2,1-4H3. The van der Waals surface area contributed by atoms with Gasteiger partial charge in [0.1, 0.15) is 23.6 Å². The van der Waals surface area contributed by atoms with Crippen molar-refractivity contribution in [3.05, 3.63) is 38.4 Å². The highest BCUT2D eigenvalue weighted by atomic mass is 79.9. The summed E-state index contributed by atoms with van der Waals surface area (Å²) in [5, 5.41) is 14.0. The number of carbonyl (C=O) groups is 1. The van der Waals surface area contributed by atoms with Crippen LogP contribution in [0.5, 0.6) is 5.75 Å². The number of halogens is 1. The fourth-order valence-electron chi connectivity index (χ4n) is 2.51. The summed E-state index contributed by atoms with van der Waals surface area (Å²) in [6, 6.07) is 3.01. The number of nitrogens with one attached hydrogen (secondary N) is 1. The van der Waals surface area contributed by atoms with Gasteiger partial charge in [0.05, 0.1) is 15.5 Å². The molecule has 0 fully saturated rings. The van der Waals surface area contributed by atoms with Gasteiger partial charge in [0.15, 0.2) is 0 Å². The number of amides is 1. The van der Waals surface area contributed by atoms with Gasteiger partial charge in [0, 0.05) is 20.1 Å². The molecule has 1 heterocycles. The fraction of sp³-hybridized carbons (Fsp3) is 0.500. The van der Waals surface area contributed by atoms with Crippen molar-refractivity contribution >= 4 is 33.4 Å². The number of nitro groups is 1. The zero-order chi connectivity index (χ0) is 20.2. The molecule has 1 aliphatic heterocycles. The molecule has 0 aliphatic carbocycles. The molecular weight excluding hydrogens is 418 g/mol. The van der Waals surface area contributed by atoms with E-state index in [2.05, 4.69) is 21.2 Å². The molecule has 9 heteroatoms. The second-order valence-corrected chi connectivity index (χ2v) is 7.99. The van der Waals surface area contributed by atoms with E-state index in [9.17, 15) is 14.9 Å². The Morgan fingerprint density at radius 1 is 1.41 bits per heavy atom. The normalized spacial score (nSPS) is 14.4. The molecule has 1 aromatic carbocycles. The zero-order valence-corrected chi connectivity index (χ0v) is 17.5. The van der Waals surface area contributed by atoms with Gasteiger partial charge < -0.3 is 19.7 Å². The number of rotatable bonds is 5. The third kappa shape index (κ3) is 5.85. The maximum absolute atomic E-state index is 12.1. The van der Waals surface area contributed by atoms with E-state index in [4.69, 9.17) is 9.47 Å². The van der Waals surface area contributed by atoms with Crippen molar-refractivity contribution in [2.24, 2.45) is 0 Å². The molecule has 1 amide bonds. The number of nitrogens with zero attached hydrogens (tertiary/aromatic N) is 2. The first-order valence-electron chi connectivity index (χ1n) is 8.55. The molecule has 1 aromatic rings. The van der Waals surface area contributed by atoms with Gasteiger partial charge in [-0.3, -0.25) is 10.1 Å². The van der Waals surface area contributed by atoms with E-state index in [1.807, 2.05) is 26.8 Å². The Kier molecular flexibility index (Phi) is 6.69. The molecule has 0 bridgehead atoms. The molecule has 27 heavy (non-hydrogen) atoms. The van der Waals surface area contributed by atoms with Gasteiger partial charge in [-0.15, -0.1) is 0 Å². The summed E-state index contributed by atoms with van der Waals surface area (Å²) < 4.78 is 11.8. The number of hydrogen-bond acceptors (Lipinski definition) is 6. The number of nitro benzene ring substituents is 1. The van der Waals surface area contributed by atoms with Crippen LogP contribution >= 0.6 is 15.9 Å². The summed E-state index contributed by atoms with van der Waals surface area (Å²) in [6.07, 6.45) is 2.25. The van der Waals surface area contributed by atoms with E-state index >= 15 is 0 Å². The molecular formula is C18H24BrN3O5. The lowest BCUT2D eigenvalue weighted by molar-refractivity contribution is -0.384. The van der Waals surface area contributed by atoms with Crippen LogP contribution in [0.3, 0.4) is 0 Å². The van der Waals surface area contributed by atoms with E-state index in [1.165, 1.54) is 6.07 Å². The molecule has 1 aliphatic rings.